The predicted molar refractivity (Wildman–Crippen MR) is 93.2 cm³/mol. The van der Waals surface area contributed by atoms with E-state index in [2.05, 4.69) is 20.8 Å². The van der Waals surface area contributed by atoms with Gasteiger partial charge in [0.25, 0.3) is 0 Å². The van der Waals surface area contributed by atoms with Gasteiger partial charge >= 0.3 is 5.97 Å². The second kappa shape index (κ2) is 5.93. The van der Waals surface area contributed by atoms with Crippen LogP contribution in [0.1, 0.15) is 47.5 Å². The highest BCUT2D eigenvalue weighted by Gasteiger charge is 2.61. The van der Waals surface area contributed by atoms with Gasteiger partial charge in [0.15, 0.2) is 0 Å². The zero-order valence-electron chi connectivity index (χ0n) is 15.7. The van der Waals surface area contributed by atoms with Crippen LogP contribution < -0.4 is 0 Å². The van der Waals surface area contributed by atoms with Crippen LogP contribution in [0.3, 0.4) is 0 Å². The average Bonchev–Trinajstić information content (AvgIpc) is 2.82. The number of hydrogen-bond acceptors (Lipinski definition) is 5. The normalized spacial score (nSPS) is 48.1. The van der Waals surface area contributed by atoms with E-state index in [0.717, 1.165) is 18.4 Å². The summed E-state index contributed by atoms with van der Waals surface area (Å²) in [4.78, 5) is 11.5. The molecule has 0 aromatic rings. The Balaban J connectivity index is 2.09. The molecule has 1 heterocycles. The van der Waals surface area contributed by atoms with Crippen molar-refractivity contribution in [1.82, 2.24) is 0 Å². The summed E-state index contributed by atoms with van der Waals surface area (Å²) >= 11 is 0. The molecule has 2 fully saturated rings. The highest BCUT2D eigenvalue weighted by atomic mass is 16.5. The molecule has 25 heavy (non-hydrogen) atoms. The maximum Gasteiger partial charge on any atom is 0.336 e. The highest BCUT2D eigenvalue weighted by molar-refractivity contribution is 5.88. The third kappa shape index (κ3) is 2.86. The van der Waals surface area contributed by atoms with Gasteiger partial charge in [-0.3, -0.25) is 0 Å². The van der Waals surface area contributed by atoms with E-state index in [1.54, 1.807) is 19.9 Å². The smallest absolute Gasteiger partial charge is 0.336 e. The van der Waals surface area contributed by atoms with E-state index < -0.39 is 29.7 Å². The average molecular weight is 350 g/mol. The van der Waals surface area contributed by atoms with Crippen molar-refractivity contribution in [2.45, 2.75) is 65.3 Å². The summed E-state index contributed by atoms with van der Waals surface area (Å²) in [6.45, 7) is 9.76. The predicted octanol–water partition coefficient (Wildman–Crippen LogP) is 2.16. The van der Waals surface area contributed by atoms with Gasteiger partial charge in [0.2, 0.25) is 0 Å². The standard InChI is InChI=1S/C20H30O5/c1-10-6-7-19(3,4)16-15(10)12(20(5,24)18(23)17(16)22)9-13-11(2)8-14(21)25-13/h8-10,12,15-18,22-24H,6-7H2,1-5H3/b13-9+/t10?,12-,15+,16+,17+,18-,20-/m0/s1. The largest absolute Gasteiger partial charge is 0.423 e. The molecule has 3 N–H and O–H groups in total. The zero-order valence-corrected chi connectivity index (χ0v) is 15.7. The number of aliphatic hydroxyl groups excluding tert-OH is 2. The number of fused-ring (bicyclic) bond motifs is 1. The monoisotopic (exact) mass is 350 g/mol. The van der Waals surface area contributed by atoms with Gasteiger partial charge in [0.1, 0.15) is 11.9 Å². The molecule has 7 atom stereocenters. The van der Waals surface area contributed by atoms with E-state index in [0.29, 0.717) is 5.76 Å². The van der Waals surface area contributed by atoms with Crippen molar-refractivity contribution >= 4 is 5.97 Å². The molecular weight excluding hydrogens is 320 g/mol. The number of carbonyl (C=O) groups is 1. The molecule has 1 unspecified atom stereocenters. The van der Waals surface area contributed by atoms with Crippen molar-refractivity contribution < 1.29 is 24.9 Å². The number of carbonyl (C=O) groups excluding carboxylic acids is 1. The summed E-state index contributed by atoms with van der Waals surface area (Å²) in [6.07, 6.45) is 2.97. The fourth-order valence-corrected chi connectivity index (χ4v) is 5.30. The van der Waals surface area contributed by atoms with Gasteiger partial charge in [-0.25, -0.2) is 4.79 Å². The Morgan fingerprint density at radius 2 is 1.92 bits per heavy atom. The summed E-state index contributed by atoms with van der Waals surface area (Å²) in [5.74, 6) is -0.211. The topological polar surface area (TPSA) is 87.0 Å². The van der Waals surface area contributed by atoms with E-state index in [1.807, 2.05) is 0 Å². The lowest BCUT2D eigenvalue weighted by Gasteiger charge is -2.59. The Morgan fingerprint density at radius 1 is 1.28 bits per heavy atom. The molecule has 5 heteroatoms. The molecule has 0 aromatic heterocycles. The highest BCUT2D eigenvalue weighted by Crippen LogP contribution is 2.57. The molecule has 3 rings (SSSR count). The molecule has 0 bridgehead atoms. The molecule has 2 saturated carbocycles. The maximum absolute atomic E-state index is 11.5. The lowest BCUT2D eigenvalue weighted by molar-refractivity contribution is -0.234. The van der Waals surface area contributed by atoms with Gasteiger partial charge in [-0.05, 0) is 61.5 Å². The summed E-state index contributed by atoms with van der Waals surface area (Å²) in [5, 5.41) is 32.6. The number of aliphatic hydroxyl groups is 3. The lowest BCUT2D eigenvalue weighted by atomic mass is 9.48. The zero-order chi connectivity index (χ0) is 18.7. The Labute approximate surface area is 149 Å². The third-order valence-electron chi connectivity index (χ3n) is 6.86. The van der Waals surface area contributed by atoms with Gasteiger partial charge in [-0.1, -0.05) is 20.8 Å². The molecule has 1 aliphatic heterocycles. The van der Waals surface area contributed by atoms with E-state index in [1.165, 1.54) is 6.08 Å². The molecule has 0 aromatic carbocycles. The fraction of sp³-hybridized carbons (Fsp3) is 0.750. The summed E-state index contributed by atoms with van der Waals surface area (Å²) in [7, 11) is 0. The van der Waals surface area contributed by atoms with Gasteiger partial charge < -0.3 is 20.1 Å². The molecule has 0 radical (unpaired) electrons. The second-order valence-corrected chi connectivity index (χ2v) is 9.07. The minimum Gasteiger partial charge on any atom is -0.423 e. The number of cyclic esters (lactones) is 1. The van der Waals surface area contributed by atoms with Crippen molar-refractivity contribution in [3.05, 3.63) is 23.5 Å². The SMILES string of the molecule is CC1=CC(=O)O/C1=C/[C@H]1[C@H]2C(C)CCC(C)(C)[C@H]2[C@@H](O)[C@H](O)[C@@]1(C)O. The fourth-order valence-electron chi connectivity index (χ4n) is 5.30. The van der Waals surface area contributed by atoms with Crippen molar-refractivity contribution in [3.8, 4) is 0 Å². The number of hydrogen-bond donors (Lipinski definition) is 3. The van der Waals surface area contributed by atoms with Crippen molar-refractivity contribution in [2.75, 3.05) is 0 Å². The molecule has 0 amide bonds. The Bertz CT molecular complexity index is 630. The van der Waals surface area contributed by atoms with Gasteiger partial charge in [-0.15, -0.1) is 0 Å². The number of allylic oxidation sites excluding steroid dienone is 1. The minimum atomic E-state index is -1.50. The van der Waals surface area contributed by atoms with Crippen LogP contribution in [0.15, 0.2) is 23.5 Å². The first-order valence-electron chi connectivity index (χ1n) is 9.17. The molecule has 5 nitrogen and oxygen atoms in total. The second-order valence-electron chi connectivity index (χ2n) is 9.07. The van der Waals surface area contributed by atoms with Crippen LogP contribution >= 0.6 is 0 Å². The van der Waals surface area contributed by atoms with Crippen molar-refractivity contribution in [2.24, 2.45) is 29.1 Å². The number of esters is 1. The summed E-state index contributed by atoms with van der Waals surface area (Å²) < 4.78 is 5.27. The Hall–Kier alpha value is -1.17. The molecule has 3 aliphatic rings. The van der Waals surface area contributed by atoms with Crippen LogP contribution in [-0.2, 0) is 9.53 Å². The van der Waals surface area contributed by atoms with Crippen LogP contribution in [0.25, 0.3) is 0 Å². The number of rotatable bonds is 1. The maximum atomic E-state index is 11.5. The van der Waals surface area contributed by atoms with Gasteiger partial charge in [0.05, 0.1) is 11.7 Å². The molecule has 0 spiro atoms. The van der Waals surface area contributed by atoms with E-state index in [9.17, 15) is 20.1 Å². The van der Waals surface area contributed by atoms with Crippen LogP contribution in [0.2, 0.25) is 0 Å². The first-order valence-corrected chi connectivity index (χ1v) is 9.17. The van der Waals surface area contributed by atoms with Crippen LogP contribution in [0, 0.1) is 29.1 Å². The third-order valence-corrected chi connectivity index (χ3v) is 6.86. The van der Waals surface area contributed by atoms with Crippen LogP contribution in [-0.4, -0.2) is 39.1 Å². The first-order chi connectivity index (χ1) is 11.5. The molecule has 0 saturated heterocycles. The summed E-state index contributed by atoms with van der Waals surface area (Å²) in [5.41, 5.74) is -0.909. The molecule has 2 aliphatic carbocycles. The van der Waals surface area contributed by atoms with Crippen LogP contribution in [0.4, 0.5) is 0 Å². The summed E-state index contributed by atoms with van der Waals surface area (Å²) in [6, 6.07) is 0. The van der Waals surface area contributed by atoms with Crippen molar-refractivity contribution in [1.29, 1.82) is 0 Å². The van der Waals surface area contributed by atoms with Gasteiger partial charge in [0, 0.05) is 12.0 Å². The van der Waals surface area contributed by atoms with E-state index in [4.69, 9.17) is 4.74 Å². The van der Waals surface area contributed by atoms with E-state index in [-0.39, 0.29) is 23.2 Å². The lowest BCUT2D eigenvalue weighted by Crippen LogP contribution is -2.66. The Kier molecular flexibility index (Phi) is 4.42. The van der Waals surface area contributed by atoms with Crippen LogP contribution in [0.5, 0.6) is 0 Å². The van der Waals surface area contributed by atoms with Gasteiger partial charge in [-0.2, -0.15) is 0 Å². The molecular formula is C20H30O5. The molecule has 140 valence electrons. The van der Waals surface area contributed by atoms with E-state index >= 15 is 0 Å². The quantitative estimate of drug-likeness (QED) is 0.631. The number of ether oxygens (including phenoxy) is 1. The minimum absolute atomic E-state index is 0.00301. The first kappa shape index (κ1) is 18.6. The van der Waals surface area contributed by atoms with Crippen molar-refractivity contribution in [3.63, 3.8) is 0 Å². The Morgan fingerprint density at radius 3 is 2.48 bits per heavy atom.